The van der Waals surface area contributed by atoms with Crippen LogP contribution in [0.1, 0.15) is 70.7 Å². The van der Waals surface area contributed by atoms with E-state index < -0.39 is 28.3 Å². The molecule has 1 aliphatic rings. The Hall–Kier alpha value is -5.98. The van der Waals surface area contributed by atoms with Crippen molar-refractivity contribution in [3.63, 3.8) is 0 Å². The molecular formula is C54H55N3O6S. The zero-order chi connectivity index (χ0) is 44.6. The zero-order valence-electron chi connectivity index (χ0n) is 36.4. The van der Waals surface area contributed by atoms with E-state index >= 15 is 0 Å². The van der Waals surface area contributed by atoms with Gasteiger partial charge in [-0.25, -0.2) is 8.42 Å². The number of aliphatic hydroxyl groups is 1. The van der Waals surface area contributed by atoms with Crippen LogP contribution in [0.25, 0.3) is 21.9 Å². The van der Waals surface area contributed by atoms with Gasteiger partial charge in [-0.1, -0.05) is 145 Å². The molecule has 1 aliphatic heterocycles. The molecule has 64 heavy (non-hydrogen) atoms. The van der Waals surface area contributed by atoms with Crippen LogP contribution in [-0.4, -0.2) is 50.1 Å². The standard InChI is InChI=1S/C54H55N3O6S/c1-37-19-27-50(28-20-37)64(60,61)56-51(30-39-11-5-4-6-12-39)53(59)55-34-41-13-9-16-45(29-41)47-17-10-18-48(32-47)54-62-49(33-52(63-54)43-23-21-40(36-58)22-24-43)35-57(3)38(2)44-26-25-42-14-7-8-15-46(42)31-44/h4-29,31-32,38,49,51-52,54,56,58H,30,33-36H2,1-3H3,(H,55,59). The fourth-order valence-corrected chi connectivity index (χ4v) is 9.48. The summed E-state index contributed by atoms with van der Waals surface area (Å²) in [5.74, 6) is -0.425. The third kappa shape index (κ3) is 11.0. The topological polar surface area (TPSA) is 117 Å². The summed E-state index contributed by atoms with van der Waals surface area (Å²) in [5.41, 5.74) is 8.53. The van der Waals surface area contributed by atoms with Crippen LogP contribution < -0.4 is 10.0 Å². The lowest BCUT2D eigenvalue weighted by atomic mass is 9.97. The van der Waals surface area contributed by atoms with Crippen LogP contribution in [0, 0.1) is 6.92 Å². The van der Waals surface area contributed by atoms with Crippen molar-refractivity contribution in [1.82, 2.24) is 14.9 Å². The predicted octanol–water partition coefficient (Wildman–Crippen LogP) is 9.75. The molecule has 1 heterocycles. The minimum Gasteiger partial charge on any atom is -0.392 e. The molecule has 1 amide bonds. The first kappa shape index (κ1) is 44.6. The summed E-state index contributed by atoms with van der Waals surface area (Å²) in [6.45, 7) is 4.98. The first-order valence-electron chi connectivity index (χ1n) is 21.8. The number of benzene rings is 7. The maximum Gasteiger partial charge on any atom is 0.241 e. The van der Waals surface area contributed by atoms with Crippen LogP contribution >= 0.6 is 0 Å². The Morgan fingerprint density at radius 3 is 2.16 bits per heavy atom. The van der Waals surface area contributed by atoms with Crippen molar-refractivity contribution in [2.75, 3.05) is 13.6 Å². The maximum atomic E-state index is 13.8. The minimum absolute atomic E-state index is 0.0250. The zero-order valence-corrected chi connectivity index (χ0v) is 37.2. The van der Waals surface area contributed by atoms with Crippen molar-refractivity contribution in [1.29, 1.82) is 0 Å². The normalized spacial score (nSPS) is 17.5. The van der Waals surface area contributed by atoms with Gasteiger partial charge in [0, 0.05) is 31.1 Å². The van der Waals surface area contributed by atoms with Gasteiger partial charge in [0.2, 0.25) is 15.9 Å². The van der Waals surface area contributed by atoms with E-state index in [4.69, 9.17) is 9.47 Å². The van der Waals surface area contributed by atoms with Gasteiger partial charge in [0.15, 0.2) is 6.29 Å². The summed E-state index contributed by atoms with van der Waals surface area (Å²) >= 11 is 0. The highest BCUT2D eigenvalue weighted by Crippen LogP contribution is 2.40. The van der Waals surface area contributed by atoms with E-state index in [1.54, 1.807) is 24.3 Å². The predicted molar refractivity (Wildman–Crippen MR) is 253 cm³/mol. The quantitative estimate of drug-likeness (QED) is 0.0886. The van der Waals surface area contributed by atoms with Gasteiger partial charge in [0.1, 0.15) is 6.04 Å². The van der Waals surface area contributed by atoms with Gasteiger partial charge in [0.25, 0.3) is 0 Å². The number of aliphatic hydroxyl groups excluding tert-OH is 1. The first-order valence-corrected chi connectivity index (χ1v) is 23.3. The van der Waals surface area contributed by atoms with E-state index in [0.717, 1.165) is 44.5 Å². The highest BCUT2D eigenvalue weighted by molar-refractivity contribution is 7.89. The molecule has 0 radical (unpaired) electrons. The second-order valence-electron chi connectivity index (χ2n) is 16.8. The molecule has 0 saturated carbocycles. The molecule has 7 aromatic carbocycles. The number of carbonyl (C=O) groups is 1. The monoisotopic (exact) mass is 873 g/mol. The molecule has 9 nitrogen and oxygen atoms in total. The number of fused-ring (bicyclic) bond motifs is 1. The Bertz CT molecular complexity index is 2780. The molecule has 0 aromatic heterocycles. The molecule has 10 heteroatoms. The average Bonchev–Trinajstić information content (AvgIpc) is 3.33. The molecule has 1 fully saturated rings. The Morgan fingerprint density at radius 2 is 1.41 bits per heavy atom. The number of nitrogens with zero attached hydrogens (tertiary/aromatic N) is 1. The molecule has 8 rings (SSSR count). The fraction of sp³-hybridized carbons (Fsp3) is 0.241. The molecule has 328 valence electrons. The second-order valence-corrected chi connectivity index (χ2v) is 18.5. The lowest BCUT2D eigenvalue weighted by Crippen LogP contribution is -2.47. The fourth-order valence-electron chi connectivity index (χ4n) is 8.28. The minimum atomic E-state index is -3.98. The summed E-state index contributed by atoms with van der Waals surface area (Å²) in [6, 6.07) is 54.2. The molecule has 0 spiro atoms. The summed E-state index contributed by atoms with van der Waals surface area (Å²) < 4.78 is 43.1. The molecule has 3 N–H and O–H groups in total. The number of carbonyl (C=O) groups excluding carboxylic acids is 1. The number of nitrogens with one attached hydrogen (secondary N) is 2. The van der Waals surface area contributed by atoms with Crippen LogP contribution in [0.15, 0.2) is 175 Å². The van der Waals surface area contributed by atoms with Crippen LogP contribution in [0.3, 0.4) is 0 Å². The number of ether oxygens (including phenoxy) is 2. The number of sulfonamides is 1. The number of likely N-dealkylation sites (N-methyl/N-ethyl adjacent to an activating group) is 1. The Balaban J connectivity index is 0.985. The van der Waals surface area contributed by atoms with Crippen LogP contribution in [0.4, 0.5) is 0 Å². The van der Waals surface area contributed by atoms with Gasteiger partial charge in [-0.3, -0.25) is 9.69 Å². The van der Waals surface area contributed by atoms with Crippen molar-refractivity contribution < 1.29 is 27.8 Å². The second kappa shape index (κ2) is 20.2. The van der Waals surface area contributed by atoms with E-state index in [2.05, 4.69) is 77.4 Å². The lowest BCUT2D eigenvalue weighted by Gasteiger charge is -2.39. The van der Waals surface area contributed by atoms with E-state index in [1.165, 1.54) is 16.3 Å². The molecule has 5 atom stereocenters. The van der Waals surface area contributed by atoms with E-state index in [0.29, 0.717) is 13.0 Å². The largest absolute Gasteiger partial charge is 0.392 e. The third-order valence-electron chi connectivity index (χ3n) is 12.1. The van der Waals surface area contributed by atoms with Crippen molar-refractivity contribution in [2.24, 2.45) is 0 Å². The Labute approximate surface area is 376 Å². The Morgan fingerprint density at radius 1 is 0.719 bits per heavy atom. The lowest BCUT2D eigenvalue weighted by molar-refractivity contribution is -0.253. The van der Waals surface area contributed by atoms with Crippen molar-refractivity contribution in [3.05, 3.63) is 209 Å². The van der Waals surface area contributed by atoms with Gasteiger partial charge in [-0.2, -0.15) is 4.72 Å². The van der Waals surface area contributed by atoms with Crippen molar-refractivity contribution in [2.45, 2.75) is 75.3 Å². The number of amides is 1. The molecule has 0 aliphatic carbocycles. The molecule has 1 saturated heterocycles. The number of aryl methyl sites for hydroxylation is 1. The first-order chi connectivity index (χ1) is 31.0. The molecular weight excluding hydrogens is 819 g/mol. The van der Waals surface area contributed by atoms with Gasteiger partial charge >= 0.3 is 0 Å². The van der Waals surface area contributed by atoms with Crippen LogP contribution in [0.5, 0.6) is 0 Å². The highest BCUT2D eigenvalue weighted by Gasteiger charge is 2.34. The average molecular weight is 874 g/mol. The number of hydrogen-bond acceptors (Lipinski definition) is 7. The Kier molecular flexibility index (Phi) is 14.1. The van der Waals surface area contributed by atoms with E-state index in [-0.39, 0.29) is 42.7 Å². The highest BCUT2D eigenvalue weighted by atomic mass is 32.2. The SMILES string of the molecule is Cc1ccc(S(=O)(=O)NC(Cc2ccccc2)C(=O)NCc2cccc(-c3cccc(C4OC(CN(C)C(C)c5ccc6ccccc6c5)CC(c5ccc(CO)cc5)O4)c3)c2)cc1. The smallest absolute Gasteiger partial charge is 0.241 e. The summed E-state index contributed by atoms with van der Waals surface area (Å²) in [4.78, 5) is 16.2. The van der Waals surface area contributed by atoms with Crippen molar-refractivity contribution >= 4 is 26.7 Å². The van der Waals surface area contributed by atoms with Crippen LogP contribution in [0.2, 0.25) is 0 Å². The van der Waals surface area contributed by atoms with Crippen LogP contribution in [-0.2, 0) is 43.9 Å². The molecule has 0 bridgehead atoms. The van der Waals surface area contributed by atoms with Gasteiger partial charge in [-0.05, 0) is 107 Å². The third-order valence-corrected chi connectivity index (χ3v) is 13.6. The summed E-state index contributed by atoms with van der Waals surface area (Å²) in [6.07, 6.45) is -0.166. The summed E-state index contributed by atoms with van der Waals surface area (Å²) in [7, 11) is -1.84. The van der Waals surface area contributed by atoms with Gasteiger partial charge in [-0.15, -0.1) is 0 Å². The van der Waals surface area contributed by atoms with Crippen molar-refractivity contribution in [3.8, 4) is 11.1 Å². The number of rotatable bonds is 16. The van der Waals surface area contributed by atoms with Gasteiger partial charge in [0.05, 0.1) is 23.7 Å². The molecule has 5 unspecified atom stereocenters. The summed E-state index contributed by atoms with van der Waals surface area (Å²) in [5, 5.41) is 15.2. The van der Waals surface area contributed by atoms with E-state index in [9.17, 15) is 18.3 Å². The number of hydrogen-bond donors (Lipinski definition) is 3. The van der Waals surface area contributed by atoms with E-state index in [1.807, 2.05) is 104 Å². The van der Waals surface area contributed by atoms with Gasteiger partial charge < -0.3 is 19.9 Å². The molecule has 7 aromatic rings. The maximum absolute atomic E-state index is 13.8.